The number of aryl methyl sites for hydroxylation is 1. The van der Waals surface area contributed by atoms with Crippen molar-refractivity contribution in [1.29, 1.82) is 0 Å². The molecule has 2 rings (SSSR count). The van der Waals surface area contributed by atoms with Crippen LogP contribution in [0.5, 0.6) is 0 Å². The Morgan fingerprint density at radius 2 is 2.24 bits per heavy atom. The molecule has 0 aliphatic heterocycles. The Hall–Kier alpha value is -1.52. The van der Waals surface area contributed by atoms with Crippen molar-refractivity contribution in [3.63, 3.8) is 0 Å². The van der Waals surface area contributed by atoms with Gasteiger partial charge in [0.1, 0.15) is 0 Å². The van der Waals surface area contributed by atoms with E-state index in [2.05, 4.69) is 5.32 Å². The molecule has 0 fully saturated rings. The highest BCUT2D eigenvalue weighted by Crippen LogP contribution is 2.20. The highest BCUT2D eigenvalue weighted by molar-refractivity contribution is 7.07. The van der Waals surface area contributed by atoms with Crippen LogP contribution in [-0.4, -0.2) is 11.7 Å². The van der Waals surface area contributed by atoms with Crippen molar-refractivity contribution < 1.29 is 5.11 Å². The van der Waals surface area contributed by atoms with Crippen LogP contribution in [0.2, 0.25) is 0 Å². The minimum atomic E-state index is -0.474. The highest BCUT2D eigenvalue weighted by atomic mass is 32.1. The monoisotopic (exact) mass is 248 g/mol. The lowest BCUT2D eigenvalue weighted by Gasteiger charge is -2.13. The second kappa shape index (κ2) is 5.21. The van der Waals surface area contributed by atoms with Crippen molar-refractivity contribution in [2.75, 3.05) is 17.6 Å². The molecule has 2 aromatic rings. The van der Waals surface area contributed by atoms with Crippen LogP contribution in [0.15, 0.2) is 35.0 Å². The summed E-state index contributed by atoms with van der Waals surface area (Å²) in [5.74, 6) is 0. The number of hydrogen-bond acceptors (Lipinski definition) is 4. The first-order valence-corrected chi connectivity index (χ1v) is 6.41. The molecular weight excluding hydrogens is 232 g/mol. The van der Waals surface area contributed by atoms with E-state index in [4.69, 9.17) is 5.73 Å². The minimum absolute atomic E-state index is 0.474. The zero-order valence-corrected chi connectivity index (χ0v) is 10.5. The van der Waals surface area contributed by atoms with E-state index < -0.39 is 6.10 Å². The maximum atomic E-state index is 9.94. The summed E-state index contributed by atoms with van der Waals surface area (Å²) in [4.78, 5) is 0. The predicted octanol–water partition coefficient (Wildman–Crippen LogP) is 2.78. The molecule has 90 valence electrons. The quantitative estimate of drug-likeness (QED) is 0.729. The molecule has 1 aromatic heterocycles. The second-order valence-electron chi connectivity index (χ2n) is 4.03. The van der Waals surface area contributed by atoms with E-state index in [1.54, 1.807) is 11.3 Å². The maximum Gasteiger partial charge on any atom is 0.0970 e. The van der Waals surface area contributed by atoms with Crippen LogP contribution in [-0.2, 0) is 0 Å². The molecule has 0 aliphatic carbocycles. The van der Waals surface area contributed by atoms with Crippen LogP contribution in [0.3, 0.4) is 0 Å². The van der Waals surface area contributed by atoms with Gasteiger partial charge in [0.25, 0.3) is 0 Å². The fraction of sp³-hybridized carbons (Fsp3) is 0.231. The third-order valence-corrected chi connectivity index (χ3v) is 3.37. The Morgan fingerprint density at radius 3 is 2.88 bits per heavy atom. The van der Waals surface area contributed by atoms with Gasteiger partial charge in [-0.15, -0.1) is 0 Å². The maximum absolute atomic E-state index is 9.94. The average Bonchev–Trinajstić information content (AvgIpc) is 2.81. The van der Waals surface area contributed by atoms with Crippen molar-refractivity contribution >= 4 is 22.7 Å². The number of benzene rings is 1. The average molecular weight is 248 g/mol. The molecule has 0 saturated carbocycles. The van der Waals surface area contributed by atoms with Gasteiger partial charge in [-0.05, 0) is 53.1 Å². The summed E-state index contributed by atoms with van der Waals surface area (Å²) in [6, 6.07) is 7.64. The topological polar surface area (TPSA) is 58.3 Å². The summed E-state index contributed by atoms with van der Waals surface area (Å²) < 4.78 is 0. The van der Waals surface area contributed by atoms with Crippen molar-refractivity contribution in [1.82, 2.24) is 0 Å². The molecule has 1 atom stereocenters. The third kappa shape index (κ3) is 2.99. The summed E-state index contributed by atoms with van der Waals surface area (Å²) in [5, 5.41) is 17.1. The largest absolute Gasteiger partial charge is 0.399 e. The zero-order chi connectivity index (χ0) is 12.3. The smallest absolute Gasteiger partial charge is 0.0970 e. The highest BCUT2D eigenvalue weighted by Gasteiger charge is 2.08. The Balaban J connectivity index is 1.98. The van der Waals surface area contributed by atoms with Gasteiger partial charge in [0.2, 0.25) is 0 Å². The lowest BCUT2D eigenvalue weighted by atomic mass is 10.1. The first-order chi connectivity index (χ1) is 8.16. The molecule has 1 heterocycles. The van der Waals surface area contributed by atoms with E-state index in [9.17, 15) is 5.11 Å². The molecule has 1 unspecified atom stereocenters. The summed E-state index contributed by atoms with van der Waals surface area (Å²) >= 11 is 1.59. The standard InChI is InChI=1S/C13H16N2OS/c1-9-6-11(14)2-3-12(9)15-7-13(16)10-4-5-17-8-10/h2-6,8,13,15-16H,7,14H2,1H3. The van der Waals surface area contributed by atoms with Crippen LogP contribution in [0, 0.1) is 6.92 Å². The molecule has 3 nitrogen and oxygen atoms in total. The third-order valence-electron chi connectivity index (χ3n) is 2.66. The van der Waals surface area contributed by atoms with Crippen LogP contribution in [0.4, 0.5) is 11.4 Å². The molecule has 0 amide bonds. The Labute approximate surface area is 105 Å². The van der Waals surface area contributed by atoms with Crippen LogP contribution in [0.25, 0.3) is 0 Å². The van der Waals surface area contributed by atoms with Crippen LogP contribution < -0.4 is 11.1 Å². The van der Waals surface area contributed by atoms with E-state index in [0.717, 1.165) is 22.5 Å². The van der Waals surface area contributed by atoms with Crippen molar-refractivity contribution in [2.45, 2.75) is 13.0 Å². The second-order valence-corrected chi connectivity index (χ2v) is 4.81. The van der Waals surface area contributed by atoms with Gasteiger partial charge in [-0.3, -0.25) is 0 Å². The van der Waals surface area contributed by atoms with Gasteiger partial charge in [0.15, 0.2) is 0 Å². The van der Waals surface area contributed by atoms with Crippen LogP contribution >= 0.6 is 11.3 Å². The number of anilines is 2. The summed E-state index contributed by atoms with van der Waals surface area (Å²) in [7, 11) is 0. The number of hydrogen-bond donors (Lipinski definition) is 3. The first kappa shape index (κ1) is 12.0. The Bertz CT molecular complexity index is 482. The van der Waals surface area contributed by atoms with E-state index >= 15 is 0 Å². The van der Waals surface area contributed by atoms with Crippen molar-refractivity contribution in [2.24, 2.45) is 0 Å². The fourth-order valence-corrected chi connectivity index (χ4v) is 2.38. The summed E-state index contributed by atoms with van der Waals surface area (Å²) in [6.07, 6.45) is -0.474. The first-order valence-electron chi connectivity index (χ1n) is 5.47. The molecule has 0 aliphatic rings. The number of aliphatic hydroxyl groups excluding tert-OH is 1. The Morgan fingerprint density at radius 1 is 1.41 bits per heavy atom. The minimum Gasteiger partial charge on any atom is -0.399 e. The predicted molar refractivity (Wildman–Crippen MR) is 73.4 cm³/mol. The van der Waals surface area contributed by atoms with E-state index in [1.165, 1.54) is 0 Å². The van der Waals surface area contributed by atoms with Crippen molar-refractivity contribution in [3.05, 3.63) is 46.2 Å². The number of nitrogen functional groups attached to an aromatic ring is 1. The summed E-state index contributed by atoms with van der Waals surface area (Å²) in [6.45, 7) is 2.50. The molecule has 4 N–H and O–H groups in total. The number of nitrogens with two attached hydrogens (primary N) is 1. The van der Waals surface area contributed by atoms with Gasteiger partial charge in [0, 0.05) is 17.9 Å². The van der Waals surface area contributed by atoms with Gasteiger partial charge >= 0.3 is 0 Å². The van der Waals surface area contributed by atoms with E-state index in [0.29, 0.717) is 6.54 Å². The molecule has 0 radical (unpaired) electrons. The molecule has 0 bridgehead atoms. The number of thiophene rings is 1. The van der Waals surface area contributed by atoms with Crippen LogP contribution in [0.1, 0.15) is 17.2 Å². The number of aliphatic hydroxyl groups is 1. The Kier molecular flexibility index (Phi) is 3.66. The lowest BCUT2D eigenvalue weighted by molar-refractivity contribution is 0.192. The number of rotatable bonds is 4. The number of nitrogens with one attached hydrogen (secondary N) is 1. The molecule has 1 aromatic carbocycles. The van der Waals surface area contributed by atoms with E-state index in [1.807, 2.05) is 41.9 Å². The van der Waals surface area contributed by atoms with Gasteiger partial charge in [-0.1, -0.05) is 0 Å². The van der Waals surface area contributed by atoms with Gasteiger partial charge in [-0.2, -0.15) is 11.3 Å². The zero-order valence-electron chi connectivity index (χ0n) is 9.68. The van der Waals surface area contributed by atoms with E-state index in [-0.39, 0.29) is 0 Å². The molecule has 4 heteroatoms. The van der Waals surface area contributed by atoms with Gasteiger partial charge < -0.3 is 16.2 Å². The van der Waals surface area contributed by atoms with Crippen molar-refractivity contribution in [3.8, 4) is 0 Å². The molecular formula is C13H16N2OS. The molecule has 17 heavy (non-hydrogen) atoms. The molecule has 0 saturated heterocycles. The SMILES string of the molecule is Cc1cc(N)ccc1NCC(O)c1ccsc1. The van der Waals surface area contributed by atoms with Gasteiger partial charge in [0.05, 0.1) is 6.10 Å². The van der Waals surface area contributed by atoms with Gasteiger partial charge in [-0.25, -0.2) is 0 Å². The molecule has 0 spiro atoms. The summed E-state index contributed by atoms with van der Waals surface area (Å²) in [5.41, 5.74) is 9.49. The normalized spacial score (nSPS) is 12.4. The fourth-order valence-electron chi connectivity index (χ4n) is 1.67. The lowest BCUT2D eigenvalue weighted by Crippen LogP contribution is -2.12.